The fourth-order valence-corrected chi connectivity index (χ4v) is 2.83. The number of aliphatic imine (C=N–C) groups is 1. The predicted molar refractivity (Wildman–Crippen MR) is 92.3 cm³/mol. The van der Waals surface area contributed by atoms with Crippen molar-refractivity contribution < 1.29 is 14.3 Å². The summed E-state index contributed by atoms with van der Waals surface area (Å²) in [5, 5.41) is 0. The molecular formula is C18H26N2O3. The second kappa shape index (κ2) is 7.99. The maximum absolute atomic E-state index is 12.7. The lowest BCUT2D eigenvalue weighted by Gasteiger charge is -2.20. The molecule has 126 valence electrons. The van der Waals surface area contributed by atoms with Gasteiger partial charge in [0.1, 0.15) is 0 Å². The molecule has 1 unspecified atom stereocenters. The highest BCUT2D eigenvalue weighted by atomic mass is 16.5. The zero-order valence-corrected chi connectivity index (χ0v) is 14.5. The summed E-state index contributed by atoms with van der Waals surface area (Å²) in [6, 6.07) is 3.68. The highest BCUT2D eigenvalue weighted by Crippen LogP contribution is 2.38. The van der Waals surface area contributed by atoms with Crippen molar-refractivity contribution in [2.45, 2.75) is 46.1 Å². The number of rotatable bonds is 4. The van der Waals surface area contributed by atoms with Gasteiger partial charge < -0.3 is 14.4 Å². The third-order valence-electron chi connectivity index (χ3n) is 3.92. The highest BCUT2D eigenvalue weighted by Gasteiger charge is 2.32. The Hall–Kier alpha value is -2.04. The smallest absolute Gasteiger partial charge is 0.256 e. The molecule has 1 atom stereocenters. The Morgan fingerprint density at radius 2 is 2.09 bits per heavy atom. The first kappa shape index (κ1) is 17.3. The van der Waals surface area contributed by atoms with Crippen LogP contribution < -0.4 is 9.47 Å². The second-order valence-corrected chi connectivity index (χ2v) is 5.35. The number of ether oxygens (including phenoxy) is 2. The number of carbonyl (C=O) groups is 1. The summed E-state index contributed by atoms with van der Waals surface area (Å²) in [5.74, 6) is 1.26. The average molecular weight is 318 g/mol. The average Bonchev–Trinajstić information content (AvgIpc) is 3.03. The van der Waals surface area contributed by atoms with E-state index in [2.05, 4.69) is 4.99 Å². The van der Waals surface area contributed by atoms with Crippen LogP contribution in [0.4, 0.5) is 5.69 Å². The van der Waals surface area contributed by atoms with Crippen molar-refractivity contribution in [1.82, 2.24) is 4.90 Å². The SMILES string of the molecule is CC.CCCOc1cc2c(cc1OC)C(=O)N1CCCC1C=N2. The number of amides is 1. The van der Waals surface area contributed by atoms with E-state index >= 15 is 0 Å². The molecule has 0 aromatic heterocycles. The summed E-state index contributed by atoms with van der Waals surface area (Å²) < 4.78 is 11.1. The zero-order valence-electron chi connectivity index (χ0n) is 14.5. The summed E-state index contributed by atoms with van der Waals surface area (Å²) in [6.07, 6.45) is 4.82. The molecule has 23 heavy (non-hydrogen) atoms. The summed E-state index contributed by atoms with van der Waals surface area (Å²) >= 11 is 0. The molecule has 0 bridgehead atoms. The number of hydrogen-bond donors (Lipinski definition) is 0. The van der Waals surface area contributed by atoms with E-state index < -0.39 is 0 Å². The first-order chi connectivity index (χ1) is 11.2. The van der Waals surface area contributed by atoms with E-state index in [-0.39, 0.29) is 11.9 Å². The largest absolute Gasteiger partial charge is 0.493 e. The number of hydrogen-bond acceptors (Lipinski definition) is 4. The Bertz CT molecular complexity index is 584. The third-order valence-corrected chi connectivity index (χ3v) is 3.92. The van der Waals surface area contributed by atoms with Crippen LogP contribution >= 0.6 is 0 Å². The molecule has 2 heterocycles. The van der Waals surface area contributed by atoms with Gasteiger partial charge in [-0.05, 0) is 25.3 Å². The van der Waals surface area contributed by atoms with Crippen molar-refractivity contribution in [1.29, 1.82) is 0 Å². The molecule has 0 N–H and O–H groups in total. The number of benzene rings is 1. The molecular weight excluding hydrogens is 292 g/mol. The Labute approximate surface area is 138 Å². The van der Waals surface area contributed by atoms with Crippen molar-refractivity contribution in [2.24, 2.45) is 4.99 Å². The van der Waals surface area contributed by atoms with E-state index in [1.165, 1.54) is 0 Å². The minimum absolute atomic E-state index is 0.0327. The molecule has 1 fully saturated rings. The van der Waals surface area contributed by atoms with E-state index in [1.54, 1.807) is 19.2 Å². The Morgan fingerprint density at radius 1 is 1.30 bits per heavy atom. The minimum atomic E-state index is 0.0327. The summed E-state index contributed by atoms with van der Waals surface area (Å²) in [4.78, 5) is 19.1. The molecule has 1 aromatic rings. The highest BCUT2D eigenvalue weighted by molar-refractivity contribution is 6.03. The maximum atomic E-state index is 12.7. The topological polar surface area (TPSA) is 51.1 Å². The van der Waals surface area contributed by atoms with E-state index in [0.717, 1.165) is 25.8 Å². The molecule has 3 rings (SSSR count). The Kier molecular flexibility index (Phi) is 6.02. The van der Waals surface area contributed by atoms with Gasteiger partial charge in [0.25, 0.3) is 5.91 Å². The fraction of sp³-hybridized carbons (Fsp3) is 0.556. The van der Waals surface area contributed by atoms with Crippen LogP contribution in [0.3, 0.4) is 0 Å². The lowest BCUT2D eigenvalue weighted by Crippen LogP contribution is -2.35. The van der Waals surface area contributed by atoms with Gasteiger partial charge in [-0.25, -0.2) is 0 Å². The van der Waals surface area contributed by atoms with E-state index in [4.69, 9.17) is 9.47 Å². The first-order valence-corrected chi connectivity index (χ1v) is 8.44. The van der Waals surface area contributed by atoms with Crippen molar-refractivity contribution in [2.75, 3.05) is 20.3 Å². The van der Waals surface area contributed by atoms with E-state index in [1.807, 2.05) is 31.9 Å². The van der Waals surface area contributed by atoms with Gasteiger partial charge >= 0.3 is 0 Å². The second-order valence-electron chi connectivity index (χ2n) is 5.35. The summed E-state index contributed by atoms with van der Waals surface area (Å²) in [5.41, 5.74) is 1.26. The van der Waals surface area contributed by atoms with Gasteiger partial charge in [0.05, 0.1) is 31.0 Å². The molecule has 0 saturated carbocycles. The lowest BCUT2D eigenvalue weighted by atomic mass is 10.1. The Balaban J connectivity index is 0.000000924. The van der Waals surface area contributed by atoms with Crippen molar-refractivity contribution >= 4 is 17.8 Å². The van der Waals surface area contributed by atoms with Gasteiger partial charge in [0, 0.05) is 18.8 Å². The van der Waals surface area contributed by atoms with Crippen LogP contribution in [0.25, 0.3) is 0 Å². The van der Waals surface area contributed by atoms with Crippen LogP contribution in [0.15, 0.2) is 17.1 Å². The van der Waals surface area contributed by atoms with Crippen LogP contribution in [0, 0.1) is 0 Å². The normalized spacial score (nSPS) is 18.5. The molecule has 0 aliphatic carbocycles. The standard InChI is InChI=1S/C16H20N2O3.C2H6/c1-3-7-21-15-9-13-12(8-14(15)20-2)16(19)18-6-4-5-11(18)10-17-13;1-2/h8-11H,3-7H2,1-2H3;1-2H3. The molecule has 1 aromatic carbocycles. The van der Waals surface area contributed by atoms with Gasteiger partial charge in [0.2, 0.25) is 0 Å². The van der Waals surface area contributed by atoms with Crippen LogP contribution in [-0.4, -0.2) is 43.3 Å². The zero-order chi connectivity index (χ0) is 16.8. The molecule has 5 heteroatoms. The quantitative estimate of drug-likeness (QED) is 0.847. The molecule has 2 aliphatic heterocycles. The lowest BCUT2D eigenvalue weighted by molar-refractivity contribution is 0.0774. The maximum Gasteiger partial charge on any atom is 0.256 e. The van der Waals surface area contributed by atoms with Gasteiger partial charge in [-0.1, -0.05) is 20.8 Å². The molecule has 0 spiro atoms. The van der Waals surface area contributed by atoms with E-state index in [9.17, 15) is 4.79 Å². The summed E-state index contributed by atoms with van der Waals surface area (Å²) in [6.45, 7) is 7.46. The number of methoxy groups -OCH3 is 1. The molecule has 0 radical (unpaired) electrons. The minimum Gasteiger partial charge on any atom is -0.493 e. The first-order valence-electron chi connectivity index (χ1n) is 8.44. The third kappa shape index (κ3) is 3.49. The van der Waals surface area contributed by atoms with Crippen LogP contribution in [0.2, 0.25) is 0 Å². The molecule has 5 nitrogen and oxygen atoms in total. The number of nitrogens with zero attached hydrogens (tertiary/aromatic N) is 2. The van der Waals surface area contributed by atoms with Gasteiger partial charge in [0.15, 0.2) is 11.5 Å². The van der Waals surface area contributed by atoms with Crippen molar-refractivity contribution in [3.63, 3.8) is 0 Å². The van der Waals surface area contributed by atoms with E-state index in [0.29, 0.717) is 29.4 Å². The van der Waals surface area contributed by atoms with Crippen LogP contribution in [0.5, 0.6) is 11.5 Å². The van der Waals surface area contributed by atoms with Gasteiger partial charge in [-0.2, -0.15) is 0 Å². The predicted octanol–water partition coefficient (Wildman–Crippen LogP) is 3.83. The molecule has 1 saturated heterocycles. The summed E-state index contributed by atoms with van der Waals surface area (Å²) in [7, 11) is 1.59. The van der Waals surface area contributed by atoms with Crippen molar-refractivity contribution in [3.05, 3.63) is 17.7 Å². The molecule has 1 amide bonds. The van der Waals surface area contributed by atoms with Gasteiger partial charge in [-0.15, -0.1) is 0 Å². The molecule has 2 aliphatic rings. The Morgan fingerprint density at radius 3 is 2.78 bits per heavy atom. The van der Waals surface area contributed by atoms with Crippen LogP contribution in [0.1, 0.15) is 50.4 Å². The monoisotopic (exact) mass is 318 g/mol. The van der Waals surface area contributed by atoms with Gasteiger partial charge in [-0.3, -0.25) is 9.79 Å². The van der Waals surface area contributed by atoms with Crippen molar-refractivity contribution in [3.8, 4) is 11.5 Å². The number of carbonyl (C=O) groups excluding carboxylic acids is 1. The fourth-order valence-electron chi connectivity index (χ4n) is 2.83. The van der Waals surface area contributed by atoms with Crippen LogP contribution in [-0.2, 0) is 0 Å². The number of fused-ring (bicyclic) bond motifs is 2.